The average molecular weight is 337 g/mol. The quantitative estimate of drug-likeness (QED) is 0.791. The summed E-state index contributed by atoms with van der Waals surface area (Å²) in [6, 6.07) is 11.6. The molecule has 0 aromatic heterocycles. The maximum atomic E-state index is 13.1. The molecule has 23 heavy (non-hydrogen) atoms. The van der Waals surface area contributed by atoms with Gasteiger partial charge >= 0.3 is 0 Å². The van der Waals surface area contributed by atoms with E-state index < -0.39 is 5.82 Å². The van der Waals surface area contributed by atoms with E-state index >= 15 is 0 Å². The molecule has 0 aliphatic carbocycles. The van der Waals surface area contributed by atoms with E-state index in [0.717, 1.165) is 0 Å². The van der Waals surface area contributed by atoms with Crippen LogP contribution in [0.15, 0.2) is 42.5 Å². The Labute approximate surface area is 139 Å². The van der Waals surface area contributed by atoms with Gasteiger partial charge in [-0.1, -0.05) is 23.7 Å². The van der Waals surface area contributed by atoms with Gasteiger partial charge in [0, 0.05) is 18.7 Å². The highest BCUT2D eigenvalue weighted by Gasteiger charge is 2.07. The van der Waals surface area contributed by atoms with Crippen molar-refractivity contribution in [2.24, 2.45) is 0 Å². The summed E-state index contributed by atoms with van der Waals surface area (Å²) >= 11 is 5.70. The fourth-order valence-electron chi connectivity index (χ4n) is 1.99. The lowest BCUT2D eigenvalue weighted by molar-refractivity contribution is -0.116. The number of amides is 1. The lowest BCUT2D eigenvalue weighted by Gasteiger charge is -2.11. The Balaban J connectivity index is 1.84. The zero-order valence-corrected chi connectivity index (χ0v) is 13.5. The summed E-state index contributed by atoms with van der Waals surface area (Å²) in [6.07, 6.45) is 0.259. The van der Waals surface area contributed by atoms with E-state index in [1.54, 1.807) is 18.2 Å². The number of carbonyl (C=O) groups is 1. The second-order valence-corrected chi connectivity index (χ2v) is 5.19. The average Bonchev–Trinajstić information content (AvgIpc) is 2.53. The normalized spacial score (nSPS) is 10.2. The third-order valence-corrected chi connectivity index (χ3v) is 3.35. The number of hydrogen-bond donors (Lipinski definition) is 2. The first-order valence-corrected chi connectivity index (χ1v) is 7.68. The molecule has 6 heteroatoms. The summed E-state index contributed by atoms with van der Waals surface area (Å²) < 4.78 is 18.5. The molecular weight excluding hydrogens is 319 g/mol. The number of rotatable bonds is 7. The van der Waals surface area contributed by atoms with Crippen molar-refractivity contribution in [2.45, 2.75) is 13.3 Å². The fraction of sp³-hybridized carbons (Fsp3) is 0.235. The van der Waals surface area contributed by atoms with Gasteiger partial charge in [-0.15, -0.1) is 0 Å². The SMILES string of the molecule is CCOc1ccccc1NC(=O)CCNc1ccc(F)c(Cl)c1. The van der Waals surface area contributed by atoms with Crippen molar-refractivity contribution in [2.75, 3.05) is 23.8 Å². The summed E-state index contributed by atoms with van der Waals surface area (Å²) in [5.74, 6) is 0.0296. The Bertz CT molecular complexity index is 679. The lowest BCUT2D eigenvalue weighted by Crippen LogP contribution is -2.16. The Morgan fingerprint density at radius 3 is 2.78 bits per heavy atom. The van der Waals surface area contributed by atoms with Gasteiger partial charge in [0.1, 0.15) is 11.6 Å². The third-order valence-electron chi connectivity index (χ3n) is 3.06. The number of halogens is 2. The Morgan fingerprint density at radius 2 is 2.04 bits per heavy atom. The van der Waals surface area contributed by atoms with E-state index in [-0.39, 0.29) is 17.4 Å². The number of para-hydroxylation sites is 2. The molecule has 2 aromatic rings. The van der Waals surface area contributed by atoms with Crippen molar-refractivity contribution in [3.05, 3.63) is 53.3 Å². The molecule has 0 spiro atoms. The van der Waals surface area contributed by atoms with Crippen LogP contribution in [0.4, 0.5) is 15.8 Å². The summed E-state index contributed by atoms with van der Waals surface area (Å²) in [5, 5.41) is 5.88. The predicted octanol–water partition coefficient (Wildman–Crippen LogP) is 4.32. The molecule has 0 saturated heterocycles. The molecule has 4 nitrogen and oxygen atoms in total. The first kappa shape index (κ1) is 17.1. The van der Waals surface area contributed by atoms with Crippen molar-refractivity contribution in [3.63, 3.8) is 0 Å². The highest BCUT2D eigenvalue weighted by atomic mass is 35.5. The number of anilines is 2. The van der Waals surface area contributed by atoms with E-state index in [0.29, 0.717) is 30.3 Å². The Hall–Kier alpha value is -2.27. The second-order valence-electron chi connectivity index (χ2n) is 4.78. The van der Waals surface area contributed by atoms with Crippen LogP contribution in [0, 0.1) is 5.82 Å². The third kappa shape index (κ3) is 5.14. The van der Waals surface area contributed by atoms with E-state index in [2.05, 4.69) is 10.6 Å². The smallest absolute Gasteiger partial charge is 0.226 e. The summed E-state index contributed by atoms with van der Waals surface area (Å²) in [5.41, 5.74) is 1.31. The summed E-state index contributed by atoms with van der Waals surface area (Å²) in [4.78, 5) is 12.0. The van der Waals surface area contributed by atoms with E-state index in [1.807, 2.05) is 19.1 Å². The molecule has 0 bridgehead atoms. The van der Waals surface area contributed by atoms with E-state index in [9.17, 15) is 9.18 Å². The number of hydrogen-bond acceptors (Lipinski definition) is 3. The van der Waals surface area contributed by atoms with Gasteiger partial charge in [-0.3, -0.25) is 4.79 Å². The molecule has 1 amide bonds. The van der Waals surface area contributed by atoms with Gasteiger partial charge in [0.2, 0.25) is 5.91 Å². The fourth-order valence-corrected chi connectivity index (χ4v) is 2.17. The molecular formula is C17H18ClFN2O2. The van der Waals surface area contributed by atoms with Gasteiger partial charge in [0.05, 0.1) is 17.3 Å². The highest BCUT2D eigenvalue weighted by Crippen LogP contribution is 2.24. The van der Waals surface area contributed by atoms with Crippen LogP contribution in [-0.2, 0) is 4.79 Å². The zero-order chi connectivity index (χ0) is 16.7. The summed E-state index contributed by atoms with van der Waals surface area (Å²) in [6.45, 7) is 2.82. The van der Waals surface area contributed by atoms with Gasteiger partial charge in [-0.25, -0.2) is 4.39 Å². The van der Waals surface area contributed by atoms with Gasteiger partial charge < -0.3 is 15.4 Å². The maximum absolute atomic E-state index is 13.1. The molecule has 0 heterocycles. The number of carbonyl (C=O) groups excluding carboxylic acids is 1. The zero-order valence-electron chi connectivity index (χ0n) is 12.7. The van der Waals surface area contributed by atoms with E-state index in [1.165, 1.54) is 12.1 Å². The number of nitrogens with one attached hydrogen (secondary N) is 2. The standard InChI is InChI=1S/C17H18ClFN2O2/c1-2-23-16-6-4-3-5-15(16)21-17(22)9-10-20-12-7-8-14(19)13(18)11-12/h3-8,11,20H,2,9-10H2,1H3,(H,21,22). The van der Waals surface area contributed by atoms with Crippen LogP contribution in [0.2, 0.25) is 5.02 Å². The van der Waals surface area contributed by atoms with Crippen molar-refractivity contribution >= 4 is 28.9 Å². The van der Waals surface area contributed by atoms with Gasteiger partial charge in [0.25, 0.3) is 0 Å². The van der Waals surface area contributed by atoms with Crippen molar-refractivity contribution < 1.29 is 13.9 Å². The molecule has 2 N–H and O–H groups in total. The molecule has 0 aliphatic heterocycles. The van der Waals surface area contributed by atoms with Crippen LogP contribution in [0.5, 0.6) is 5.75 Å². The minimum atomic E-state index is -0.470. The molecule has 2 rings (SSSR count). The lowest BCUT2D eigenvalue weighted by atomic mass is 10.2. The van der Waals surface area contributed by atoms with Gasteiger partial charge in [-0.05, 0) is 37.3 Å². The van der Waals surface area contributed by atoms with Gasteiger partial charge in [0.15, 0.2) is 0 Å². The van der Waals surface area contributed by atoms with Crippen molar-refractivity contribution in [1.29, 1.82) is 0 Å². The van der Waals surface area contributed by atoms with Crippen LogP contribution in [0.25, 0.3) is 0 Å². The minimum absolute atomic E-state index is 0.0464. The molecule has 122 valence electrons. The minimum Gasteiger partial charge on any atom is -0.492 e. The molecule has 0 radical (unpaired) electrons. The first-order chi connectivity index (χ1) is 11.1. The number of ether oxygens (including phenoxy) is 1. The maximum Gasteiger partial charge on any atom is 0.226 e. The largest absolute Gasteiger partial charge is 0.492 e. The first-order valence-electron chi connectivity index (χ1n) is 7.30. The summed E-state index contributed by atoms with van der Waals surface area (Å²) in [7, 11) is 0. The van der Waals surface area contributed by atoms with E-state index in [4.69, 9.17) is 16.3 Å². The van der Waals surface area contributed by atoms with Gasteiger partial charge in [-0.2, -0.15) is 0 Å². The molecule has 0 saturated carbocycles. The molecule has 0 fully saturated rings. The number of benzene rings is 2. The van der Waals surface area contributed by atoms with Crippen LogP contribution in [0.1, 0.15) is 13.3 Å². The highest BCUT2D eigenvalue weighted by molar-refractivity contribution is 6.31. The Morgan fingerprint density at radius 1 is 1.26 bits per heavy atom. The van der Waals surface area contributed by atoms with Crippen LogP contribution >= 0.6 is 11.6 Å². The molecule has 0 unspecified atom stereocenters. The predicted molar refractivity (Wildman–Crippen MR) is 90.8 cm³/mol. The Kier molecular flexibility index (Phi) is 6.23. The second kappa shape index (κ2) is 8.39. The van der Waals surface area contributed by atoms with Crippen molar-refractivity contribution in [3.8, 4) is 5.75 Å². The topological polar surface area (TPSA) is 50.4 Å². The van der Waals surface area contributed by atoms with Crippen LogP contribution in [0.3, 0.4) is 0 Å². The molecule has 2 aromatic carbocycles. The molecule has 0 atom stereocenters. The van der Waals surface area contributed by atoms with Crippen molar-refractivity contribution in [1.82, 2.24) is 0 Å². The molecule has 0 aliphatic rings. The van der Waals surface area contributed by atoms with Crippen LogP contribution < -0.4 is 15.4 Å². The van der Waals surface area contributed by atoms with Crippen LogP contribution in [-0.4, -0.2) is 19.1 Å². The monoisotopic (exact) mass is 336 g/mol.